The first-order chi connectivity index (χ1) is 9.10. The third kappa shape index (κ3) is 3.36. The highest BCUT2D eigenvalue weighted by atomic mass is 16.5. The van der Waals surface area contributed by atoms with Gasteiger partial charge in [-0.3, -0.25) is 9.59 Å². The van der Waals surface area contributed by atoms with Crippen LogP contribution in [0.25, 0.3) is 0 Å². The molecule has 1 amide bonds. The molecule has 1 aromatic heterocycles. The summed E-state index contributed by atoms with van der Waals surface area (Å²) >= 11 is 0. The lowest BCUT2D eigenvalue weighted by Gasteiger charge is -2.31. The molecule has 2 heterocycles. The number of ether oxygens (including phenoxy) is 1. The average Bonchev–Trinajstić information content (AvgIpc) is 2.83. The van der Waals surface area contributed by atoms with Gasteiger partial charge in [-0.05, 0) is 31.4 Å². The number of aryl methyl sites for hydroxylation is 1. The van der Waals surface area contributed by atoms with Crippen LogP contribution in [0, 0.1) is 12.8 Å². The minimum absolute atomic E-state index is 0.0765. The second-order valence-electron chi connectivity index (χ2n) is 5.07. The molecule has 0 aromatic carbocycles. The Bertz CT molecular complexity index is 467. The van der Waals surface area contributed by atoms with Crippen molar-refractivity contribution in [3.8, 4) is 0 Å². The van der Waals surface area contributed by atoms with Crippen LogP contribution in [-0.4, -0.2) is 42.0 Å². The number of amides is 1. The standard InChI is InChI=1S/C14H20N2O3/c1-10-6-11(8-15-10)7-13(17)16-5-3-4-12(9-16)14(18)19-2/h6,8,12,15H,3-5,7,9H2,1-2H3. The third-order valence-electron chi connectivity index (χ3n) is 3.55. The van der Waals surface area contributed by atoms with Crippen molar-refractivity contribution >= 4 is 11.9 Å². The third-order valence-corrected chi connectivity index (χ3v) is 3.55. The maximum Gasteiger partial charge on any atom is 0.310 e. The zero-order valence-electron chi connectivity index (χ0n) is 11.4. The summed E-state index contributed by atoms with van der Waals surface area (Å²) in [5.74, 6) is -0.307. The quantitative estimate of drug-likeness (QED) is 0.836. The van der Waals surface area contributed by atoms with Gasteiger partial charge in [-0.25, -0.2) is 0 Å². The summed E-state index contributed by atoms with van der Waals surface area (Å²) in [6.45, 7) is 3.17. The summed E-state index contributed by atoms with van der Waals surface area (Å²) in [5, 5.41) is 0. The number of methoxy groups -OCH3 is 1. The summed E-state index contributed by atoms with van der Waals surface area (Å²) in [4.78, 5) is 28.6. The molecule has 104 valence electrons. The number of rotatable bonds is 3. The molecule has 1 aliphatic heterocycles. The molecule has 19 heavy (non-hydrogen) atoms. The molecule has 2 rings (SSSR count). The van der Waals surface area contributed by atoms with Gasteiger partial charge in [0.25, 0.3) is 0 Å². The van der Waals surface area contributed by atoms with Gasteiger partial charge >= 0.3 is 5.97 Å². The van der Waals surface area contributed by atoms with Gasteiger partial charge in [0.15, 0.2) is 0 Å². The minimum atomic E-state index is -0.213. The van der Waals surface area contributed by atoms with Crippen molar-refractivity contribution in [2.75, 3.05) is 20.2 Å². The van der Waals surface area contributed by atoms with Gasteiger partial charge in [0.2, 0.25) is 5.91 Å². The molecule has 1 fully saturated rings. The average molecular weight is 264 g/mol. The van der Waals surface area contributed by atoms with E-state index < -0.39 is 0 Å². The van der Waals surface area contributed by atoms with E-state index in [1.165, 1.54) is 7.11 Å². The molecule has 1 unspecified atom stereocenters. The van der Waals surface area contributed by atoms with Gasteiger partial charge in [0, 0.05) is 25.0 Å². The number of carbonyl (C=O) groups excluding carboxylic acids is 2. The Labute approximate surface area is 112 Å². The Morgan fingerprint density at radius 3 is 2.95 bits per heavy atom. The van der Waals surface area contributed by atoms with E-state index in [0.717, 1.165) is 30.6 Å². The molecule has 0 aliphatic carbocycles. The second kappa shape index (κ2) is 5.91. The Hall–Kier alpha value is -1.78. The Morgan fingerprint density at radius 1 is 1.53 bits per heavy atom. The van der Waals surface area contributed by atoms with Crippen molar-refractivity contribution in [3.05, 3.63) is 23.5 Å². The normalized spacial score (nSPS) is 19.3. The van der Waals surface area contributed by atoms with Crippen LogP contribution in [0.5, 0.6) is 0 Å². The molecule has 1 saturated heterocycles. The van der Waals surface area contributed by atoms with Crippen LogP contribution < -0.4 is 0 Å². The van der Waals surface area contributed by atoms with Crippen LogP contribution in [0.1, 0.15) is 24.1 Å². The van der Waals surface area contributed by atoms with E-state index in [-0.39, 0.29) is 17.8 Å². The van der Waals surface area contributed by atoms with Crippen molar-refractivity contribution in [1.29, 1.82) is 0 Å². The first-order valence-electron chi connectivity index (χ1n) is 6.59. The number of carbonyl (C=O) groups is 2. The SMILES string of the molecule is COC(=O)C1CCCN(C(=O)Cc2c[nH]c(C)c2)C1. The van der Waals surface area contributed by atoms with E-state index in [0.29, 0.717) is 13.0 Å². The number of esters is 1. The number of piperidine rings is 1. The van der Waals surface area contributed by atoms with E-state index in [4.69, 9.17) is 4.74 Å². The monoisotopic (exact) mass is 264 g/mol. The molecule has 1 N–H and O–H groups in total. The molecule has 1 atom stereocenters. The number of H-pyrrole nitrogens is 1. The van der Waals surface area contributed by atoms with Crippen LogP contribution in [-0.2, 0) is 20.7 Å². The van der Waals surface area contributed by atoms with E-state index >= 15 is 0 Å². The number of likely N-dealkylation sites (tertiary alicyclic amines) is 1. The molecular weight excluding hydrogens is 244 g/mol. The molecule has 5 nitrogen and oxygen atoms in total. The highest BCUT2D eigenvalue weighted by Gasteiger charge is 2.28. The van der Waals surface area contributed by atoms with E-state index in [9.17, 15) is 9.59 Å². The molecule has 0 radical (unpaired) electrons. The van der Waals surface area contributed by atoms with Crippen LogP contribution in [0.4, 0.5) is 0 Å². The van der Waals surface area contributed by atoms with E-state index in [1.54, 1.807) is 4.90 Å². The number of hydrogen-bond acceptors (Lipinski definition) is 3. The summed E-state index contributed by atoms with van der Waals surface area (Å²) < 4.78 is 4.76. The fraction of sp³-hybridized carbons (Fsp3) is 0.571. The molecule has 0 saturated carbocycles. The Kier molecular flexibility index (Phi) is 4.24. The maximum absolute atomic E-state index is 12.2. The highest BCUT2D eigenvalue weighted by Crippen LogP contribution is 2.18. The number of aromatic nitrogens is 1. The number of aromatic amines is 1. The molecule has 0 spiro atoms. The fourth-order valence-electron chi connectivity index (χ4n) is 2.52. The fourth-order valence-corrected chi connectivity index (χ4v) is 2.52. The maximum atomic E-state index is 12.2. The van der Waals surface area contributed by atoms with E-state index in [2.05, 4.69) is 4.98 Å². The molecular formula is C14H20N2O3. The zero-order valence-corrected chi connectivity index (χ0v) is 11.4. The van der Waals surface area contributed by atoms with Crippen molar-refractivity contribution in [2.45, 2.75) is 26.2 Å². The van der Waals surface area contributed by atoms with Crippen molar-refractivity contribution in [1.82, 2.24) is 9.88 Å². The van der Waals surface area contributed by atoms with Crippen molar-refractivity contribution < 1.29 is 14.3 Å². The zero-order chi connectivity index (χ0) is 13.8. The van der Waals surface area contributed by atoms with E-state index in [1.807, 2.05) is 19.2 Å². The summed E-state index contributed by atoms with van der Waals surface area (Å²) in [6, 6.07) is 1.97. The highest BCUT2D eigenvalue weighted by molar-refractivity contribution is 5.80. The Morgan fingerprint density at radius 2 is 2.32 bits per heavy atom. The van der Waals surface area contributed by atoms with Crippen LogP contribution in [0.2, 0.25) is 0 Å². The van der Waals surface area contributed by atoms with Crippen molar-refractivity contribution in [3.63, 3.8) is 0 Å². The topological polar surface area (TPSA) is 62.4 Å². The van der Waals surface area contributed by atoms with Gasteiger partial charge in [0.05, 0.1) is 19.4 Å². The summed E-state index contributed by atoms with van der Waals surface area (Å²) in [6.07, 6.45) is 3.91. The largest absolute Gasteiger partial charge is 0.469 e. The first-order valence-corrected chi connectivity index (χ1v) is 6.59. The predicted molar refractivity (Wildman–Crippen MR) is 70.6 cm³/mol. The van der Waals surface area contributed by atoms with Gasteiger partial charge in [-0.1, -0.05) is 0 Å². The number of nitrogens with one attached hydrogen (secondary N) is 1. The van der Waals surface area contributed by atoms with Gasteiger partial charge in [-0.2, -0.15) is 0 Å². The second-order valence-corrected chi connectivity index (χ2v) is 5.07. The minimum Gasteiger partial charge on any atom is -0.469 e. The smallest absolute Gasteiger partial charge is 0.310 e. The summed E-state index contributed by atoms with van der Waals surface area (Å²) in [7, 11) is 1.39. The lowest BCUT2D eigenvalue weighted by Crippen LogP contribution is -2.43. The lowest BCUT2D eigenvalue weighted by molar-refractivity contribution is -0.148. The lowest BCUT2D eigenvalue weighted by atomic mass is 9.97. The number of hydrogen-bond donors (Lipinski definition) is 1. The first kappa shape index (κ1) is 13.6. The summed E-state index contributed by atoms with van der Waals surface area (Å²) in [5.41, 5.74) is 2.04. The number of nitrogens with zero attached hydrogens (tertiary/aromatic N) is 1. The van der Waals surface area contributed by atoms with Gasteiger partial charge in [-0.15, -0.1) is 0 Å². The Balaban J connectivity index is 1.93. The van der Waals surface area contributed by atoms with Gasteiger partial charge < -0.3 is 14.6 Å². The van der Waals surface area contributed by atoms with Crippen molar-refractivity contribution in [2.24, 2.45) is 5.92 Å². The molecule has 0 bridgehead atoms. The van der Waals surface area contributed by atoms with Gasteiger partial charge in [0.1, 0.15) is 0 Å². The van der Waals surface area contributed by atoms with Crippen LogP contribution in [0.3, 0.4) is 0 Å². The van der Waals surface area contributed by atoms with Crippen LogP contribution >= 0.6 is 0 Å². The molecule has 1 aromatic rings. The molecule has 1 aliphatic rings. The van der Waals surface area contributed by atoms with Crippen LogP contribution in [0.15, 0.2) is 12.3 Å². The molecule has 5 heteroatoms. The predicted octanol–water partition coefficient (Wildman–Crippen LogP) is 1.28.